The molecule has 1 amide bonds. The summed E-state index contributed by atoms with van der Waals surface area (Å²) in [5, 5.41) is 0. The second-order valence-corrected chi connectivity index (χ2v) is 6.76. The molecule has 9 nitrogen and oxygen atoms in total. The van der Waals surface area contributed by atoms with Gasteiger partial charge in [-0.15, -0.1) is 0 Å². The fraction of sp³-hybridized carbons (Fsp3) is 0.625. The Kier molecular flexibility index (Phi) is 3.75. The van der Waals surface area contributed by atoms with E-state index >= 15 is 0 Å². The molecule has 1 aliphatic carbocycles. The zero-order valence-electron chi connectivity index (χ0n) is 14.3. The lowest BCUT2D eigenvalue weighted by Gasteiger charge is -2.37. The highest BCUT2D eigenvalue weighted by Gasteiger charge is 2.38. The molecule has 0 N–H and O–H groups in total. The Bertz CT molecular complexity index is 956. The molecule has 134 valence electrons. The minimum absolute atomic E-state index is 0.0567. The van der Waals surface area contributed by atoms with Gasteiger partial charge in [-0.05, 0) is 19.3 Å². The van der Waals surface area contributed by atoms with Crippen LogP contribution in [0.15, 0.2) is 15.9 Å². The van der Waals surface area contributed by atoms with Crippen molar-refractivity contribution >= 4 is 17.1 Å². The van der Waals surface area contributed by atoms with Gasteiger partial charge in [0.05, 0.1) is 25.1 Å². The summed E-state index contributed by atoms with van der Waals surface area (Å²) in [7, 11) is 3.25. The Morgan fingerprint density at radius 2 is 2.12 bits per heavy atom. The number of ether oxygens (including phenoxy) is 1. The first-order valence-corrected chi connectivity index (χ1v) is 8.51. The number of hydrogen-bond acceptors (Lipinski definition) is 5. The molecule has 2 fully saturated rings. The van der Waals surface area contributed by atoms with E-state index in [-0.39, 0.29) is 24.6 Å². The second kappa shape index (κ2) is 5.83. The molecule has 0 aromatic carbocycles. The van der Waals surface area contributed by atoms with Crippen molar-refractivity contribution in [3.63, 3.8) is 0 Å². The van der Waals surface area contributed by atoms with Crippen LogP contribution in [0.3, 0.4) is 0 Å². The Labute approximate surface area is 143 Å². The number of aromatic nitrogens is 4. The summed E-state index contributed by atoms with van der Waals surface area (Å²) in [4.78, 5) is 44.0. The predicted molar refractivity (Wildman–Crippen MR) is 89.3 cm³/mol. The van der Waals surface area contributed by atoms with Gasteiger partial charge in [0.25, 0.3) is 5.56 Å². The number of carbonyl (C=O) groups is 1. The molecule has 2 aromatic rings. The van der Waals surface area contributed by atoms with Gasteiger partial charge in [-0.3, -0.25) is 14.2 Å². The van der Waals surface area contributed by atoms with Crippen molar-refractivity contribution in [1.29, 1.82) is 0 Å². The third-order valence-corrected chi connectivity index (χ3v) is 5.30. The molecule has 1 saturated heterocycles. The lowest BCUT2D eigenvalue weighted by atomic mass is 10.1. The zero-order chi connectivity index (χ0) is 17.7. The summed E-state index contributed by atoms with van der Waals surface area (Å²) >= 11 is 0. The molecule has 2 aliphatic rings. The van der Waals surface area contributed by atoms with E-state index in [1.54, 1.807) is 23.6 Å². The fourth-order valence-corrected chi connectivity index (χ4v) is 4.00. The molecule has 2 aromatic heterocycles. The standard InChI is InChI=1S/C16H21N5O4/c1-18-9-17-14-13(18)15(23)21(16(24)19(14)2)8-12(22)20-6-7-25-11-5-3-4-10(11)20/h9-11H,3-8H2,1-2H3/t10-,11+/m0/s1. The number of hydrogen-bond donors (Lipinski definition) is 0. The Morgan fingerprint density at radius 3 is 2.92 bits per heavy atom. The number of fused-ring (bicyclic) bond motifs is 2. The number of amides is 1. The van der Waals surface area contributed by atoms with Crippen molar-refractivity contribution < 1.29 is 9.53 Å². The van der Waals surface area contributed by atoms with Crippen molar-refractivity contribution in [2.75, 3.05) is 13.2 Å². The van der Waals surface area contributed by atoms with Crippen LogP contribution in [0.25, 0.3) is 11.2 Å². The third-order valence-electron chi connectivity index (χ3n) is 5.30. The monoisotopic (exact) mass is 347 g/mol. The van der Waals surface area contributed by atoms with Crippen molar-refractivity contribution in [2.24, 2.45) is 14.1 Å². The summed E-state index contributed by atoms with van der Waals surface area (Å²) in [5.41, 5.74) is -0.373. The minimum atomic E-state index is -0.527. The first-order valence-electron chi connectivity index (χ1n) is 8.51. The highest BCUT2D eigenvalue weighted by Crippen LogP contribution is 2.29. The number of imidazole rings is 1. The number of carbonyl (C=O) groups excluding carboxylic acids is 1. The molecule has 9 heteroatoms. The van der Waals surface area contributed by atoms with E-state index in [1.807, 2.05) is 0 Å². The molecule has 0 radical (unpaired) electrons. The zero-order valence-corrected chi connectivity index (χ0v) is 14.3. The van der Waals surface area contributed by atoms with Crippen molar-refractivity contribution in [1.82, 2.24) is 23.6 Å². The van der Waals surface area contributed by atoms with Crippen LogP contribution in [0.1, 0.15) is 19.3 Å². The van der Waals surface area contributed by atoms with Gasteiger partial charge in [-0.1, -0.05) is 0 Å². The molecular formula is C16H21N5O4. The fourth-order valence-electron chi connectivity index (χ4n) is 4.00. The van der Waals surface area contributed by atoms with E-state index in [0.717, 1.165) is 23.8 Å². The molecule has 0 bridgehead atoms. The normalized spacial score (nSPS) is 23.2. The molecule has 4 rings (SSSR count). The van der Waals surface area contributed by atoms with Crippen LogP contribution in [-0.2, 0) is 30.2 Å². The summed E-state index contributed by atoms with van der Waals surface area (Å²) in [6.07, 6.45) is 4.46. The van der Waals surface area contributed by atoms with E-state index in [1.165, 1.54) is 10.9 Å². The average molecular weight is 347 g/mol. The Morgan fingerprint density at radius 1 is 1.32 bits per heavy atom. The van der Waals surface area contributed by atoms with E-state index in [0.29, 0.717) is 24.3 Å². The highest BCUT2D eigenvalue weighted by atomic mass is 16.5. The third kappa shape index (κ3) is 2.41. The summed E-state index contributed by atoms with van der Waals surface area (Å²) < 4.78 is 9.60. The minimum Gasteiger partial charge on any atom is -0.374 e. The molecule has 2 atom stereocenters. The van der Waals surface area contributed by atoms with Crippen LogP contribution in [-0.4, -0.2) is 54.8 Å². The molecule has 0 spiro atoms. The predicted octanol–water partition coefficient (Wildman–Crippen LogP) is -0.786. The Hall–Kier alpha value is -2.42. The van der Waals surface area contributed by atoms with Crippen molar-refractivity contribution in [3.8, 4) is 0 Å². The SMILES string of the molecule is Cn1cnc2c1c(=O)n(CC(=O)N1CCO[C@@H]3CCC[C@@H]31)c(=O)n2C. The van der Waals surface area contributed by atoms with E-state index in [4.69, 9.17) is 4.74 Å². The topological polar surface area (TPSA) is 91.4 Å². The molecule has 1 aliphatic heterocycles. The van der Waals surface area contributed by atoms with Gasteiger partial charge >= 0.3 is 5.69 Å². The Balaban J connectivity index is 1.71. The van der Waals surface area contributed by atoms with Crippen LogP contribution >= 0.6 is 0 Å². The average Bonchev–Trinajstić information content (AvgIpc) is 3.22. The van der Waals surface area contributed by atoms with Gasteiger partial charge in [0.2, 0.25) is 5.91 Å². The van der Waals surface area contributed by atoms with Gasteiger partial charge in [-0.25, -0.2) is 14.3 Å². The van der Waals surface area contributed by atoms with E-state index in [9.17, 15) is 14.4 Å². The van der Waals surface area contributed by atoms with Gasteiger partial charge in [0.15, 0.2) is 11.2 Å². The number of aryl methyl sites for hydroxylation is 2. The quantitative estimate of drug-likeness (QED) is 0.710. The summed E-state index contributed by atoms with van der Waals surface area (Å²) in [6.45, 7) is 0.749. The number of rotatable bonds is 2. The van der Waals surface area contributed by atoms with Crippen molar-refractivity contribution in [2.45, 2.75) is 38.0 Å². The lowest BCUT2D eigenvalue weighted by molar-refractivity contribution is -0.144. The molecule has 0 unspecified atom stereocenters. The number of nitrogens with zero attached hydrogens (tertiary/aromatic N) is 5. The van der Waals surface area contributed by atoms with E-state index in [2.05, 4.69) is 4.98 Å². The summed E-state index contributed by atoms with van der Waals surface area (Å²) in [6, 6.07) is 0.0567. The molecular weight excluding hydrogens is 326 g/mol. The lowest BCUT2D eigenvalue weighted by Crippen LogP contribution is -2.53. The molecule has 25 heavy (non-hydrogen) atoms. The molecule has 3 heterocycles. The van der Waals surface area contributed by atoms with Crippen molar-refractivity contribution in [3.05, 3.63) is 27.2 Å². The van der Waals surface area contributed by atoms with Crippen LogP contribution in [0.2, 0.25) is 0 Å². The van der Waals surface area contributed by atoms with Crippen LogP contribution in [0, 0.1) is 0 Å². The largest absolute Gasteiger partial charge is 0.374 e. The maximum Gasteiger partial charge on any atom is 0.332 e. The smallest absolute Gasteiger partial charge is 0.332 e. The van der Waals surface area contributed by atoms with Crippen LogP contribution < -0.4 is 11.2 Å². The number of morpholine rings is 1. The van der Waals surface area contributed by atoms with Crippen LogP contribution in [0.4, 0.5) is 0 Å². The maximum absolute atomic E-state index is 12.8. The first kappa shape index (κ1) is 16.1. The van der Waals surface area contributed by atoms with Gasteiger partial charge in [0, 0.05) is 20.6 Å². The summed E-state index contributed by atoms with van der Waals surface area (Å²) in [5.74, 6) is -0.207. The second-order valence-electron chi connectivity index (χ2n) is 6.76. The van der Waals surface area contributed by atoms with E-state index < -0.39 is 11.2 Å². The molecule has 1 saturated carbocycles. The van der Waals surface area contributed by atoms with Gasteiger partial charge in [-0.2, -0.15) is 0 Å². The van der Waals surface area contributed by atoms with Gasteiger partial charge < -0.3 is 14.2 Å². The van der Waals surface area contributed by atoms with Crippen LogP contribution in [0.5, 0.6) is 0 Å². The first-order chi connectivity index (χ1) is 12.0. The highest BCUT2D eigenvalue weighted by molar-refractivity contribution is 5.77. The maximum atomic E-state index is 12.8. The van der Waals surface area contributed by atoms with Gasteiger partial charge in [0.1, 0.15) is 6.54 Å².